The minimum atomic E-state index is -0.827. The SMILES string of the molecule is CC(C)(C(=O)NCc1ccc(-n2ccnc2)nc1)c1cccc(F)c1. The summed E-state index contributed by atoms with van der Waals surface area (Å²) in [6, 6.07) is 9.88. The molecule has 3 aromatic rings. The van der Waals surface area contributed by atoms with E-state index in [2.05, 4.69) is 15.3 Å². The van der Waals surface area contributed by atoms with E-state index in [0.717, 1.165) is 11.4 Å². The highest BCUT2D eigenvalue weighted by Crippen LogP contribution is 2.24. The van der Waals surface area contributed by atoms with Gasteiger partial charge in [-0.15, -0.1) is 0 Å². The Bertz CT molecular complexity index is 857. The summed E-state index contributed by atoms with van der Waals surface area (Å²) in [6.07, 6.45) is 6.88. The van der Waals surface area contributed by atoms with Crippen molar-refractivity contribution in [2.75, 3.05) is 0 Å². The fourth-order valence-electron chi connectivity index (χ4n) is 2.48. The summed E-state index contributed by atoms with van der Waals surface area (Å²) in [5.41, 5.74) is 0.692. The molecule has 0 unspecified atom stereocenters. The molecule has 2 aromatic heterocycles. The van der Waals surface area contributed by atoms with Gasteiger partial charge in [0.2, 0.25) is 5.91 Å². The lowest BCUT2D eigenvalue weighted by molar-refractivity contribution is -0.125. The van der Waals surface area contributed by atoms with Crippen molar-refractivity contribution in [3.63, 3.8) is 0 Å². The molecule has 1 amide bonds. The summed E-state index contributed by atoms with van der Waals surface area (Å²) in [5.74, 6) is 0.238. The Morgan fingerprint density at radius 3 is 2.76 bits per heavy atom. The van der Waals surface area contributed by atoms with Crippen molar-refractivity contribution in [2.24, 2.45) is 0 Å². The smallest absolute Gasteiger partial charge is 0.230 e. The molecule has 1 aromatic carbocycles. The van der Waals surface area contributed by atoms with Crippen molar-refractivity contribution in [3.05, 3.63) is 78.3 Å². The number of carbonyl (C=O) groups excluding carboxylic acids is 1. The number of hydrogen-bond acceptors (Lipinski definition) is 3. The van der Waals surface area contributed by atoms with Gasteiger partial charge in [0.05, 0.1) is 5.41 Å². The molecule has 25 heavy (non-hydrogen) atoms. The highest BCUT2D eigenvalue weighted by atomic mass is 19.1. The number of carbonyl (C=O) groups is 1. The zero-order chi connectivity index (χ0) is 17.9. The Morgan fingerprint density at radius 2 is 2.12 bits per heavy atom. The van der Waals surface area contributed by atoms with E-state index in [1.54, 1.807) is 49.3 Å². The first-order valence-electron chi connectivity index (χ1n) is 7.94. The highest BCUT2D eigenvalue weighted by Gasteiger charge is 2.29. The van der Waals surface area contributed by atoms with Crippen LogP contribution in [0.2, 0.25) is 0 Å². The van der Waals surface area contributed by atoms with Gasteiger partial charge in [0, 0.05) is 25.1 Å². The van der Waals surface area contributed by atoms with E-state index in [9.17, 15) is 9.18 Å². The zero-order valence-electron chi connectivity index (χ0n) is 14.1. The molecule has 0 saturated carbocycles. The third kappa shape index (κ3) is 3.74. The summed E-state index contributed by atoms with van der Waals surface area (Å²) in [4.78, 5) is 20.9. The van der Waals surface area contributed by atoms with Gasteiger partial charge in [0.15, 0.2) is 0 Å². The maximum absolute atomic E-state index is 13.4. The Labute approximate surface area is 145 Å². The van der Waals surface area contributed by atoms with Crippen LogP contribution in [0.4, 0.5) is 4.39 Å². The Morgan fingerprint density at radius 1 is 1.28 bits per heavy atom. The van der Waals surface area contributed by atoms with Crippen LogP contribution in [0, 0.1) is 5.82 Å². The number of imidazole rings is 1. The molecule has 0 atom stereocenters. The molecular weight excluding hydrogens is 319 g/mol. The maximum atomic E-state index is 13.4. The van der Waals surface area contributed by atoms with E-state index in [1.165, 1.54) is 12.1 Å². The van der Waals surface area contributed by atoms with Gasteiger partial charge < -0.3 is 5.32 Å². The van der Waals surface area contributed by atoms with Crippen LogP contribution in [0.1, 0.15) is 25.0 Å². The number of benzene rings is 1. The minimum absolute atomic E-state index is 0.170. The molecule has 0 fully saturated rings. The number of nitrogens with zero attached hydrogens (tertiary/aromatic N) is 3. The largest absolute Gasteiger partial charge is 0.351 e. The predicted octanol–water partition coefficient (Wildman–Crippen LogP) is 3.00. The fraction of sp³-hybridized carbons (Fsp3) is 0.211. The lowest BCUT2D eigenvalue weighted by atomic mass is 9.83. The van der Waals surface area contributed by atoms with Crippen molar-refractivity contribution in [1.82, 2.24) is 19.9 Å². The van der Waals surface area contributed by atoms with Crippen molar-refractivity contribution in [2.45, 2.75) is 25.8 Å². The van der Waals surface area contributed by atoms with Crippen molar-refractivity contribution < 1.29 is 9.18 Å². The van der Waals surface area contributed by atoms with Gasteiger partial charge in [-0.25, -0.2) is 14.4 Å². The van der Waals surface area contributed by atoms with Gasteiger partial charge in [-0.05, 0) is 43.2 Å². The van der Waals surface area contributed by atoms with E-state index < -0.39 is 5.41 Å². The van der Waals surface area contributed by atoms with Gasteiger partial charge in [-0.2, -0.15) is 0 Å². The molecule has 0 saturated heterocycles. The quantitative estimate of drug-likeness (QED) is 0.778. The molecule has 6 heteroatoms. The summed E-state index contributed by atoms with van der Waals surface area (Å²) in [5, 5.41) is 2.89. The predicted molar refractivity (Wildman–Crippen MR) is 92.6 cm³/mol. The van der Waals surface area contributed by atoms with E-state index >= 15 is 0 Å². The van der Waals surface area contributed by atoms with Crippen LogP contribution in [0.5, 0.6) is 0 Å². The first-order chi connectivity index (χ1) is 12.0. The Balaban J connectivity index is 1.65. The summed E-state index contributed by atoms with van der Waals surface area (Å²) in [7, 11) is 0. The first-order valence-corrected chi connectivity index (χ1v) is 7.94. The second kappa shape index (κ2) is 6.84. The monoisotopic (exact) mass is 338 g/mol. The number of halogens is 1. The molecular formula is C19H19FN4O. The second-order valence-electron chi connectivity index (χ2n) is 6.31. The Hall–Kier alpha value is -3.02. The lowest BCUT2D eigenvalue weighted by Crippen LogP contribution is -2.39. The fourth-order valence-corrected chi connectivity index (χ4v) is 2.48. The van der Waals surface area contributed by atoms with E-state index in [0.29, 0.717) is 12.1 Å². The molecule has 0 bridgehead atoms. The number of hydrogen-bond donors (Lipinski definition) is 1. The summed E-state index contributed by atoms with van der Waals surface area (Å²) in [6.45, 7) is 3.91. The van der Waals surface area contributed by atoms with Crippen LogP contribution in [-0.4, -0.2) is 20.4 Å². The van der Waals surface area contributed by atoms with Crippen molar-refractivity contribution in [3.8, 4) is 5.82 Å². The van der Waals surface area contributed by atoms with Crippen molar-refractivity contribution >= 4 is 5.91 Å². The maximum Gasteiger partial charge on any atom is 0.230 e. The second-order valence-corrected chi connectivity index (χ2v) is 6.31. The first kappa shape index (κ1) is 16.8. The molecule has 0 aliphatic rings. The third-order valence-corrected chi connectivity index (χ3v) is 4.15. The van der Waals surface area contributed by atoms with Crippen LogP contribution in [0.25, 0.3) is 5.82 Å². The number of aromatic nitrogens is 3. The normalized spacial score (nSPS) is 11.3. The van der Waals surface area contributed by atoms with Crippen LogP contribution in [0.15, 0.2) is 61.3 Å². The average molecular weight is 338 g/mol. The molecule has 3 rings (SSSR count). The molecule has 128 valence electrons. The average Bonchev–Trinajstić information content (AvgIpc) is 3.14. The standard InChI is InChI=1S/C19H19FN4O/c1-19(2,15-4-3-5-16(20)10-15)18(25)23-12-14-6-7-17(22-11-14)24-9-8-21-13-24/h3-11,13H,12H2,1-2H3,(H,23,25). The molecule has 0 radical (unpaired) electrons. The molecule has 1 N–H and O–H groups in total. The Kier molecular flexibility index (Phi) is 4.61. The van der Waals surface area contributed by atoms with Gasteiger partial charge in [0.1, 0.15) is 18.0 Å². The number of amides is 1. The topological polar surface area (TPSA) is 59.8 Å². The summed E-state index contributed by atoms with van der Waals surface area (Å²) >= 11 is 0. The van der Waals surface area contributed by atoms with Gasteiger partial charge in [-0.3, -0.25) is 9.36 Å². The highest BCUT2D eigenvalue weighted by molar-refractivity contribution is 5.87. The lowest BCUT2D eigenvalue weighted by Gasteiger charge is -2.24. The molecule has 0 aliphatic carbocycles. The molecule has 0 spiro atoms. The third-order valence-electron chi connectivity index (χ3n) is 4.15. The molecule has 5 nitrogen and oxygen atoms in total. The van der Waals surface area contributed by atoms with E-state index in [4.69, 9.17) is 0 Å². The van der Waals surface area contributed by atoms with E-state index in [1.807, 2.05) is 18.3 Å². The van der Waals surface area contributed by atoms with Crippen molar-refractivity contribution in [1.29, 1.82) is 0 Å². The number of nitrogens with one attached hydrogen (secondary N) is 1. The molecule has 2 heterocycles. The van der Waals surface area contributed by atoms with Crippen LogP contribution in [-0.2, 0) is 16.8 Å². The summed E-state index contributed by atoms with van der Waals surface area (Å²) < 4.78 is 15.2. The number of rotatable bonds is 5. The number of pyridine rings is 1. The minimum Gasteiger partial charge on any atom is -0.351 e. The molecule has 0 aliphatic heterocycles. The van der Waals surface area contributed by atoms with Gasteiger partial charge in [0.25, 0.3) is 0 Å². The van der Waals surface area contributed by atoms with E-state index in [-0.39, 0.29) is 11.7 Å². The van der Waals surface area contributed by atoms with Crippen LogP contribution >= 0.6 is 0 Å². The van der Waals surface area contributed by atoms with Crippen LogP contribution in [0.3, 0.4) is 0 Å². The van der Waals surface area contributed by atoms with Crippen LogP contribution < -0.4 is 5.32 Å². The van der Waals surface area contributed by atoms with Gasteiger partial charge in [-0.1, -0.05) is 18.2 Å². The van der Waals surface area contributed by atoms with Gasteiger partial charge >= 0.3 is 0 Å². The zero-order valence-corrected chi connectivity index (χ0v) is 14.1.